The van der Waals surface area contributed by atoms with Crippen molar-refractivity contribution in [3.05, 3.63) is 65.7 Å². The number of ether oxygens (including phenoxy) is 1. The van der Waals surface area contributed by atoms with Gasteiger partial charge in [-0.05, 0) is 73.7 Å². The number of fused-ring (bicyclic) bond motifs is 1. The number of sulfonamides is 1. The topological polar surface area (TPSA) is 74.4 Å². The zero-order valence-electron chi connectivity index (χ0n) is 17.3. The van der Waals surface area contributed by atoms with E-state index in [0.29, 0.717) is 30.3 Å². The van der Waals surface area contributed by atoms with Gasteiger partial charge in [0.15, 0.2) is 0 Å². The lowest BCUT2D eigenvalue weighted by Crippen LogP contribution is -2.38. The normalized spacial score (nSPS) is 14.6. The molecule has 3 aromatic rings. The molecule has 0 spiro atoms. The van der Waals surface area contributed by atoms with Crippen LogP contribution in [-0.4, -0.2) is 51.1 Å². The molecule has 1 saturated heterocycles. The Hall–Kier alpha value is -2.06. The van der Waals surface area contributed by atoms with Crippen LogP contribution < -0.4 is 9.46 Å². The summed E-state index contributed by atoms with van der Waals surface area (Å²) in [5.41, 5.74) is 2.16. The third kappa shape index (κ3) is 5.80. The van der Waals surface area contributed by atoms with Crippen molar-refractivity contribution < 1.29 is 13.2 Å². The maximum atomic E-state index is 12.6. The number of nitrogens with one attached hydrogen (secondary N) is 2. The first-order valence-corrected chi connectivity index (χ1v) is 12.4. The van der Waals surface area contributed by atoms with E-state index in [0.717, 1.165) is 48.9 Å². The van der Waals surface area contributed by atoms with E-state index in [1.165, 1.54) is 0 Å². The first-order chi connectivity index (χ1) is 15.0. The fraction of sp³-hybridized carbons (Fsp3) is 0.348. The number of nitrogens with zero attached hydrogens (tertiary/aromatic N) is 1. The number of likely N-dealkylation sites (tertiary alicyclic amines) is 1. The molecule has 0 saturated carbocycles. The second-order valence-electron chi connectivity index (χ2n) is 7.73. The van der Waals surface area contributed by atoms with Gasteiger partial charge in [0.1, 0.15) is 5.75 Å². The van der Waals surface area contributed by atoms with E-state index >= 15 is 0 Å². The van der Waals surface area contributed by atoms with Crippen molar-refractivity contribution in [3.63, 3.8) is 0 Å². The summed E-state index contributed by atoms with van der Waals surface area (Å²) in [5, 5.41) is 1.77. The fourth-order valence-electron chi connectivity index (χ4n) is 3.61. The number of aromatic nitrogens is 1. The van der Waals surface area contributed by atoms with Crippen LogP contribution in [0.5, 0.6) is 5.75 Å². The SMILES string of the molecule is O=S(=O)(NCCCc1c[nH]c2ccc(Cl)cc12)c1ccc(OCCCN2C[CH]C2)cc1. The van der Waals surface area contributed by atoms with Crippen LogP contribution in [0, 0.1) is 6.42 Å². The monoisotopic (exact) mass is 460 g/mol. The second-order valence-corrected chi connectivity index (χ2v) is 9.93. The number of halogens is 1. The van der Waals surface area contributed by atoms with E-state index in [2.05, 4.69) is 21.0 Å². The Balaban J connectivity index is 1.22. The highest BCUT2D eigenvalue weighted by molar-refractivity contribution is 7.89. The Morgan fingerprint density at radius 3 is 2.65 bits per heavy atom. The smallest absolute Gasteiger partial charge is 0.240 e. The Bertz CT molecular complexity index is 1110. The lowest BCUT2D eigenvalue weighted by molar-refractivity contribution is 0.213. The highest BCUT2D eigenvalue weighted by Gasteiger charge is 2.14. The maximum absolute atomic E-state index is 12.6. The van der Waals surface area contributed by atoms with Gasteiger partial charge in [-0.25, -0.2) is 13.1 Å². The van der Waals surface area contributed by atoms with Crippen molar-refractivity contribution in [1.82, 2.24) is 14.6 Å². The van der Waals surface area contributed by atoms with E-state index in [4.69, 9.17) is 16.3 Å². The third-order valence-corrected chi connectivity index (χ3v) is 7.15. The number of hydrogen-bond acceptors (Lipinski definition) is 4. The van der Waals surface area contributed by atoms with Gasteiger partial charge >= 0.3 is 0 Å². The van der Waals surface area contributed by atoms with Gasteiger partial charge in [0, 0.05) is 48.3 Å². The predicted octanol–water partition coefficient (Wildman–Crippen LogP) is 4.02. The largest absolute Gasteiger partial charge is 0.494 e. The molecular weight excluding hydrogens is 434 g/mol. The summed E-state index contributed by atoms with van der Waals surface area (Å²) in [6.07, 6.45) is 6.60. The number of benzene rings is 2. The average molecular weight is 461 g/mol. The van der Waals surface area contributed by atoms with Gasteiger partial charge in [0.2, 0.25) is 10.0 Å². The van der Waals surface area contributed by atoms with Crippen LogP contribution in [0.1, 0.15) is 18.4 Å². The summed E-state index contributed by atoms with van der Waals surface area (Å²) in [6, 6.07) is 12.3. The molecule has 6 nitrogen and oxygen atoms in total. The third-order valence-electron chi connectivity index (χ3n) is 5.44. The summed E-state index contributed by atoms with van der Waals surface area (Å²) in [5.74, 6) is 0.687. The fourth-order valence-corrected chi connectivity index (χ4v) is 4.86. The van der Waals surface area contributed by atoms with Gasteiger partial charge in [-0.3, -0.25) is 0 Å². The van der Waals surface area contributed by atoms with Crippen LogP contribution in [0.25, 0.3) is 10.9 Å². The Morgan fingerprint density at radius 1 is 1.10 bits per heavy atom. The van der Waals surface area contributed by atoms with E-state index < -0.39 is 10.0 Å². The minimum absolute atomic E-state index is 0.245. The minimum atomic E-state index is -3.54. The molecule has 31 heavy (non-hydrogen) atoms. The zero-order chi connectivity index (χ0) is 21.7. The van der Waals surface area contributed by atoms with Crippen molar-refractivity contribution in [2.24, 2.45) is 0 Å². The first kappa shape index (κ1) is 22.1. The number of hydrogen-bond donors (Lipinski definition) is 2. The quantitative estimate of drug-likeness (QED) is 0.424. The Labute approximate surface area is 188 Å². The van der Waals surface area contributed by atoms with Gasteiger partial charge in [-0.1, -0.05) is 11.6 Å². The number of aryl methyl sites for hydroxylation is 1. The molecule has 0 atom stereocenters. The van der Waals surface area contributed by atoms with Crippen LogP contribution in [0.15, 0.2) is 53.6 Å². The molecule has 1 aliphatic heterocycles. The second kappa shape index (κ2) is 10.0. The zero-order valence-corrected chi connectivity index (χ0v) is 18.9. The molecule has 1 aliphatic rings. The molecule has 2 heterocycles. The van der Waals surface area contributed by atoms with Gasteiger partial charge in [-0.15, -0.1) is 0 Å². The Kier molecular flexibility index (Phi) is 7.17. The summed E-state index contributed by atoms with van der Waals surface area (Å²) in [6.45, 7) is 4.14. The van der Waals surface area contributed by atoms with Crippen LogP contribution in [0.2, 0.25) is 5.02 Å². The van der Waals surface area contributed by atoms with Crippen LogP contribution in [0.3, 0.4) is 0 Å². The number of rotatable bonds is 11. The van der Waals surface area contributed by atoms with E-state index in [1.807, 2.05) is 24.4 Å². The summed E-state index contributed by atoms with van der Waals surface area (Å²) < 4.78 is 33.5. The lowest BCUT2D eigenvalue weighted by atomic mass is 10.1. The van der Waals surface area contributed by atoms with Crippen LogP contribution in [0.4, 0.5) is 0 Å². The predicted molar refractivity (Wildman–Crippen MR) is 124 cm³/mol. The van der Waals surface area contributed by atoms with Gasteiger partial charge in [0.25, 0.3) is 0 Å². The van der Waals surface area contributed by atoms with E-state index in [9.17, 15) is 8.42 Å². The van der Waals surface area contributed by atoms with Crippen LogP contribution in [-0.2, 0) is 16.4 Å². The molecule has 1 radical (unpaired) electrons. The summed E-state index contributed by atoms with van der Waals surface area (Å²) in [4.78, 5) is 5.81. The highest BCUT2D eigenvalue weighted by Crippen LogP contribution is 2.23. The molecule has 0 amide bonds. The molecule has 8 heteroatoms. The molecule has 0 bridgehead atoms. The molecule has 0 aliphatic carbocycles. The minimum Gasteiger partial charge on any atom is -0.494 e. The molecule has 4 rings (SSSR count). The van der Waals surface area contributed by atoms with Crippen LogP contribution >= 0.6 is 11.6 Å². The van der Waals surface area contributed by atoms with Crippen molar-refractivity contribution in [3.8, 4) is 5.75 Å². The molecule has 1 aromatic heterocycles. The number of aromatic amines is 1. The molecular formula is C23H27ClN3O3S. The van der Waals surface area contributed by atoms with E-state index in [1.54, 1.807) is 24.3 Å². The summed E-state index contributed by atoms with van der Waals surface area (Å²) in [7, 11) is -3.54. The van der Waals surface area contributed by atoms with Crippen molar-refractivity contribution in [1.29, 1.82) is 0 Å². The molecule has 1 fully saturated rings. The molecule has 2 aromatic carbocycles. The van der Waals surface area contributed by atoms with E-state index in [-0.39, 0.29) is 4.90 Å². The van der Waals surface area contributed by atoms with Gasteiger partial charge in [-0.2, -0.15) is 0 Å². The molecule has 2 N–H and O–H groups in total. The van der Waals surface area contributed by atoms with Gasteiger partial charge in [0.05, 0.1) is 11.5 Å². The Morgan fingerprint density at radius 2 is 1.90 bits per heavy atom. The highest BCUT2D eigenvalue weighted by atomic mass is 35.5. The maximum Gasteiger partial charge on any atom is 0.240 e. The first-order valence-electron chi connectivity index (χ1n) is 10.5. The lowest BCUT2D eigenvalue weighted by Gasteiger charge is -2.30. The average Bonchev–Trinajstić information content (AvgIpc) is 3.12. The van der Waals surface area contributed by atoms with Crippen molar-refractivity contribution in [2.75, 3.05) is 32.8 Å². The molecule has 0 unspecified atom stereocenters. The van der Waals surface area contributed by atoms with Crippen molar-refractivity contribution >= 4 is 32.5 Å². The van der Waals surface area contributed by atoms with Crippen molar-refractivity contribution in [2.45, 2.75) is 24.2 Å². The number of H-pyrrole nitrogens is 1. The van der Waals surface area contributed by atoms with Gasteiger partial charge < -0.3 is 14.6 Å². The summed E-state index contributed by atoms with van der Waals surface area (Å²) >= 11 is 6.09. The standard InChI is InChI=1S/C23H27ClN3O3S/c24-19-5-10-23-22(16-19)18(17-25-23)4-1-11-26-31(28,29)21-8-6-20(7-9-21)30-15-3-14-27-12-2-13-27/h2,5-10,16-17,25-26H,1,3-4,11-15H2. The molecule has 165 valence electrons.